The Morgan fingerprint density at radius 1 is 0.846 bits per heavy atom. The minimum absolute atomic E-state index is 0. The van der Waals surface area contributed by atoms with Crippen molar-refractivity contribution in [2.75, 3.05) is 40.6 Å². The second-order valence-electron chi connectivity index (χ2n) is 1.82. The van der Waals surface area contributed by atoms with Crippen LogP contribution in [0.2, 0.25) is 0 Å². The van der Waals surface area contributed by atoms with Crippen LogP contribution in [0.5, 0.6) is 0 Å². The van der Waals surface area contributed by atoms with Crippen LogP contribution < -0.4 is 29.6 Å². The molecule has 1 N–H and O–H groups in total. The third-order valence-electron chi connectivity index (χ3n) is 0.947. The predicted octanol–water partition coefficient (Wildman–Crippen LogP) is -3.33. The van der Waals surface area contributed by atoms with Crippen molar-refractivity contribution in [3.8, 4) is 0 Å². The zero-order valence-electron chi connectivity index (χ0n) is 8.49. The summed E-state index contributed by atoms with van der Waals surface area (Å²) in [5.74, 6) is 0. The van der Waals surface area contributed by atoms with Gasteiger partial charge in [0.05, 0.1) is 13.2 Å². The summed E-state index contributed by atoms with van der Waals surface area (Å²) < 4.78 is 19.8. The second kappa shape index (κ2) is 19.0. The Morgan fingerprint density at radius 2 is 1.23 bits per heavy atom. The molecule has 0 saturated heterocycles. The van der Waals surface area contributed by atoms with Gasteiger partial charge in [0, 0.05) is 27.4 Å². The van der Waals surface area contributed by atoms with E-state index >= 15 is 0 Å². The van der Waals surface area contributed by atoms with Crippen molar-refractivity contribution in [3.05, 3.63) is 0 Å². The Hall–Kier alpha value is 1.33. The third kappa shape index (κ3) is 19.7. The third-order valence-corrected chi connectivity index (χ3v) is 1.69. The van der Waals surface area contributed by atoms with Gasteiger partial charge >= 0.3 is 45.4 Å². The van der Waals surface area contributed by atoms with Crippen molar-refractivity contribution in [2.24, 2.45) is 0 Å². The fourth-order valence-corrected chi connectivity index (χ4v) is 0.888. The molecule has 0 rings (SSSR count). The molecule has 0 saturated carbocycles. The summed E-state index contributed by atoms with van der Waals surface area (Å²) in [7, 11) is 3.29. The fraction of sp³-hybridized carbons (Fsp3) is 1.00. The zero-order valence-corrected chi connectivity index (χ0v) is 11.6. The molecule has 0 bridgehead atoms. The molecule has 0 aromatic rings. The molecule has 0 aliphatic carbocycles. The maximum Gasteiger partial charge on any atom is 1.00 e. The van der Waals surface area contributed by atoms with E-state index in [2.05, 4.69) is 0 Å². The van der Waals surface area contributed by atoms with Gasteiger partial charge in [0.2, 0.25) is 0 Å². The van der Waals surface area contributed by atoms with Crippen molar-refractivity contribution in [3.63, 3.8) is 0 Å². The maximum absolute atomic E-state index is 5.10. The van der Waals surface area contributed by atoms with Crippen LogP contribution in [0.1, 0.15) is 0 Å². The van der Waals surface area contributed by atoms with Crippen LogP contribution in [0.15, 0.2) is 0 Å². The standard InChI is InChI=1S/2C3H7O2.Al.Na.H2O/c2*1-5-3-2-4;;;/h2*2-3H2,1H3;;;1H2/q2*-1;+2;+1;/p-1. The molecular weight excluding hydrogens is 202 g/mol. The van der Waals surface area contributed by atoms with Gasteiger partial charge < -0.3 is 22.5 Å². The molecule has 0 amide bonds. The van der Waals surface area contributed by atoms with E-state index in [-0.39, 0.29) is 50.9 Å². The van der Waals surface area contributed by atoms with E-state index in [1.165, 1.54) is 0 Å². The molecule has 1 radical (unpaired) electrons. The number of methoxy groups -OCH3 is 2. The van der Waals surface area contributed by atoms with Crippen molar-refractivity contribution in [1.82, 2.24) is 0 Å². The summed E-state index contributed by atoms with van der Waals surface area (Å²) in [6.07, 6.45) is 0. The molecule has 0 unspecified atom stereocenters. The largest absolute Gasteiger partial charge is 1.00 e. The molecule has 0 atom stereocenters. The van der Waals surface area contributed by atoms with E-state index in [9.17, 15) is 0 Å². The van der Waals surface area contributed by atoms with Crippen LogP contribution in [0.4, 0.5) is 0 Å². The van der Waals surface area contributed by atoms with Crippen molar-refractivity contribution >= 4 is 15.9 Å². The summed E-state index contributed by atoms with van der Waals surface area (Å²) >= 11 is -0.349. The quantitative estimate of drug-likeness (QED) is 0.314. The van der Waals surface area contributed by atoms with Crippen molar-refractivity contribution in [1.29, 1.82) is 0 Å². The molecule has 0 aromatic heterocycles. The molecule has 0 heterocycles. The van der Waals surface area contributed by atoms with Crippen LogP contribution in [-0.4, -0.2) is 62.0 Å². The van der Waals surface area contributed by atoms with Crippen LogP contribution in [0, 0.1) is 0 Å². The van der Waals surface area contributed by atoms with Gasteiger partial charge in [0.1, 0.15) is 0 Å². The Bertz CT molecular complexity index is 70.0. The molecule has 0 aromatic carbocycles. The average molecular weight is 217 g/mol. The Labute approximate surface area is 108 Å². The molecule has 0 fully saturated rings. The van der Waals surface area contributed by atoms with E-state index < -0.39 is 0 Å². The topological polar surface area (TPSA) is 66.9 Å². The van der Waals surface area contributed by atoms with E-state index in [4.69, 9.17) is 17.1 Å². The van der Waals surface area contributed by atoms with Crippen LogP contribution in [0.3, 0.4) is 0 Å². The summed E-state index contributed by atoms with van der Waals surface area (Å²) in [5, 5.41) is 0. The van der Waals surface area contributed by atoms with Gasteiger partial charge in [-0.15, -0.1) is 0 Å². The first kappa shape index (κ1) is 19.8. The molecule has 0 aliphatic heterocycles. The van der Waals surface area contributed by atoms with Crippen LogP contribution in [-0.2, 0) is 17.1 Å². The first-order valence-electron chi connectivity index (χ1n) is 3.44. The van der Waals surface area contributed by atoms with E-state index in [1.54, 1.807) is 14.2 Å². The Kier molecular flexibility index (Phi) is 29.0. The number of hydrogen-bond acceptors (Lipinski definition) is 5. The maximum atomic E-state index is 5.10. The molecular formula is C6H15AlNaO5. The predicted molar refractivity (Wildman–Crippen MR) is 43.3 cm³/mol. The van der Waals surface area contributed by atoms with E-state index in [0.717, 1.165) is 0 Å². The molecule has 0 aliphatic rings. The first-order valence-corrected chi connectivity index (χ1v) is 4.39. The SMILES string of the molecule is COCC[O][Al][O]CCOC.[Na+].[OH-]. The van der Waals surface area contributed by atoms with Crippen molar-refractivity contribution in [2.45, 2.75) is 0 Å². The molecule has 0 spiro atoms. The van der Waals surface area contributed by atoms with Crippen LogP contribution >= 0.6 is 0 Å². The summed E-state index contributed by atoms with van der Waals surface area (Å²) in [4.78, 5) is 0. The molecule has 13 heavy (non-hydrogen) atoms. The van der Waals surface area contributed by atoms with Crippen molar-refractivity contribution < 1.29 is 52.1 Å². The summed E-state index contributed by atoms with van der Waals surface area (Å²) in [6.45, 7) is 2.47. The van der Waals surface area contributed by atoms with E-state index in [1.807, 2.05) is 0 Å². The van der Waals surface area contributed by atoms with Gasteiger partial charge in [-0.05, 0) is 0 Å². The molecule has 5 nitrogen and oxygen atoms in total. The molecule has 7 heteroatoms. The van der Waals surface area contributed by atoms with Gasteiger partial charge in [0.15, 0.2) is 0 Å². The second-order valence-corrected chi connectivity index (χ2v) is 2.68. The number of ether oxygens (including phenoxy) is 2. The van der Waals surface area contributed by atoms with Gasteiger partial charge in [-0.3, -0.25) is 0 Å². The van der Waals surface area contributed by atoms with E-state index in [0.29, 0.717) is 26.4 Å². The van der Waals surface area contributed by atoms with Gasteiger partial charge in [-0.2, -0.15) is 0 Å². The van der Waals surface area contributed by atoms with Gasteiger partial charge in [-0.1, -0.05) is 0 Å². The minimum atomic E-state index is -0.349. The Balaban J connectivity index is -0.000000500. The smallest absolute Gasteiger partial charge is 0.870 e. The zero-order chi connectivity index (χ0) is 8.36. The van der Waals surface area contributed by atoms with Gasteiger partial charge in [0.25, 0.3) is 0 Å². The molecule has 73 valence electrons. The first-order chi connectivity index (χ1) is 5.41. The summed E-state index contributed by atoms with van der Waals surface area (Å²) in [6, 6.07) is 0. The van der Waals surface area contributed by atoms with Crippen LogP contribution in [0.25, 0.3) is 0 Å². The monoisotopic (exact) mass is 217 g/mol. The number of hydrogen-bond donors (Lipinski definition) is 0. The normalized spacial score (nSPS) is 8.46. The average Bonchev–Trinajstić information content (AvgIpc) is 2.03. The summed E-state index contributed by atoms with van der Waals surface area (Å²) in [5.41, 5.74) is 0. The minimum Gasteiger partial charge on any atom is -0.870 e. The van der Waals surface area contributed by atoms with Gasteiger partial charge in [-0.25, -0.2) is 0 Å². The number of rotatable bonds is 8. The Morgan fingerprint density at radius 3 is 1.54 bits per heavy atom. The fourth-order valence-electron chi connectivity index (χ4n) is 0.407.